The van der Waals surface area contributed by atoms with Crippen molar-refractivity contribution in [1.29, 1.82) is 0 Å². The molecule has 1 atom stereocenters. The first kappa shape index (κ1) is 14.6. The summed E-state index contributed by atoms with van der Waals surface area (Å²) in [6, 6.07) is 0. The second kappa shape index (κ2) is 5.79. The first-order valence-corrected chi connectivity index (χ1v) is 8.02. The highest BCUT2D eigenvalue weighted by molar-refractivity contribution is 5.77. The normalized spacial score (nSPS) is 23.8. The summed E-state index contributed by atoms with van der Waals surface area (Å²) in [4.78, 5) is 18.5. The SMILES string of the molecule is CN(CC1CCn2ccnc2C1)C(=O)CC1(O)CCCC1. The Bertz CT molecular complexity index is 505. The molecule has 2 aliphatic rings. The number of aliphatic hydroxyl groups is 1. The van der Waals surface area contributed by atoms with E-state index in [0.717, 1.165) is 57.4 Å². The molecule has 1 aliphatic carbocycles. The molecule has 1 amide bonds. The van der Waals surface area contributed by atoms with Crippen molar-refractivity contribution < 1.29 is 9.90 Å². The number of rotatable bonds is 4. The van der Waals surface area contributed by atoms with E-state index in [9.17, 15) is 9.90 Å². The van der Waals surface area contributed by atoms with Crippen molar-refractivity contribution in [2.45, 2.75) is 57.1 Å². The molecule has 1 aliphatic heterocycles. The maximum atomic E-state index is 12.3. The standard InChI is InChI=1S/C16H25N3O2/c1-18(15(20)11-16(21)5-2-3-6-16)12-13-4-8-19-9-7-17-14(19)10-13/h7,9,13,21H,2-6,8,10-12H2,1H3. The molecule has 1 fully saturated rings. The van der Waals surface area contributed by atoms with Gasteiger partial charge in [-0.05, 0) is 25.2 Å². The zero-order valence-corrected chi connectivity index (χ0v) is 12.8. The number of carbonyl (C=O) groups is 1. The Hall–Kier alpha value is -1.36. The minimum atomic E-state index is -0.742. The van der Waals surface area contributed by atoms with Gasteiger partial charge < -0.3 is 14.6 Å². The fraction of sp³-hybridized carbons (Fsp3) is 0.750. The number of amides is 1. The van der Waals surface area contributed by atoms with Crippen LogP contribution in [-0.2, 0) is 17.8 Å². The monoisotopic (exact) mass is 291 g/mol. The van der Waals surface area contributed by atoms with Crippen molar-refractivity contribution in [3.63, 3.8) is 0 Å². The quantitative estimate of drug-likeness (QED) is 0.916. The molecule has 116 valence electrons. The summed E-state index contributed by atoms with van der Waals surface area (Å²) in [5, 5.41) is 10.4. The second-order valence-corrected chi connectivity index (χ2v) is 6.78. The third kappa shape index (κ3) is 3.28. The predicted octanol–water partition coefficient (Wildman–Crippen LogP) is 1.60. The van der Waals surface area contributed by atoms with Crippen LogP contribution < -0.4 is 0 Å². The highest BCUT2D eigenvalue weighted by atomic mass is 16.3. The summed E-state index contributed by atoms with van der Waals surface area (Å²) < 4.78 is 2.19. The second-order valence-electron chi connectivity index (χ2n) is 6.78. The Morgan fingerprint density at radius 3 is 3.05 bits per heavy atom. The Kier molecular flexibility index (Phi) is 4.02. The molecule has 1 aromatic rings. The van der Waals surface area contributed by atoms with Gasteiger partial charge >= 0.3 is 0 Å². The van der Waals surface area contributed by atoms with Gasteiger partial charge in [0.1, 0.15) is 5.82 Å². The van der Waals surface area contributed by atoms with Gasteiger partial charge in [0.15, 0.2) is 0 Å². The van der Waals surface area contributed by atoms with Crippen LogP contribution in [0.5, 0.6) is 0 Å². The van der Waals surface area contributed by atoms with Gasteiger partial charge in [0.25, 0.3) is 0 Å². The maximum Gasteiger partial charge on any atom is 0.225 e. The van der Waals surface area contributed by atoms with Crippen molar-refractivity contribution in [2.75, 3.05) is 13.6 Å². The van der Waals surface area contributed by atoms with E-state index in [4.69, 9.17) is 0 Å². The third-order valence-electron chi connectivity index (χ3n) is 5.02. The minimum Gasteiger partial charge on any atom is -0.389 e. The van der Waals surface area contributed by atoms with Crippen LogP contribution in [0.15, 0.2) is 12.4 Å². The zero-order chi connectivity index (χ0) is 14.9. The van der Waals surface area contributed by atoms with Crippen LogP contribution in [-0.4, -0.2) is 44.7 Å². The molecule has 1 aromatic heterocycles. The first-order valence-electron chi connectivity index (χ1n) is 8.02. The Morgan fingerprint density at radius 2 is 2.29 bits per heavy atom. The summed E-state index contributed by atoms with van der Waals surface area (Å²) in [6.45, 7) is 1.76. The van der Waals surface area contributed by atoms with Crippen LogP contribution in [0.25, 0.3) is 0 Å². The van der Waals surface area contributed by atoms with Gasteiger partial charge in [0.05, 0.1) is 12.0 Å². The number of aryl methyl sites for hydroxylation is 1. The van der Waals surface area contributed by atoms with Gasteiger partial charge in [-0.2, -0.15) is 0 Å². The van der Waals surface area contributed by atoms with Gasteiger partial charge in [0.2, 0.25) is 5.91 Å². The summed E-state index contributed by atoms with van der Waals surface area (Å²) >= 11 is 0. The fourth-order valence-corrected chi connectivity index (χ4v) is 3.69. The van der Waals surface area contributed by atoms with E-state index in [2.05, 4.69) is 9.55 Å². The largest absolute Gasteiger partial charge is 0.389 e. The lowest BCUT2D eigenvalue weighted by atomic mass is 9.95. The lowest BCUT2D eigenvalue weighted by Gasteiger charge is -2.30. The molecule has 21 heavy (non-hydrogen) atoms. The zero-order valence-electron chi connectivity index (χ0n) is 12.8. The Balaban J connectivity index is 1.52. The molecule has 1 N–H and O–H groups in total. The van der Waals surface area contributed by atoms with Crippen molar-refractivity contribution in [3.05, 3.63) is 18.2 Å². The fourth-order valence-electron chi connectivity index (χ4n) is 3.69. The summed E-state index contributed by atoms with van der Waals surface area (Å²) in [7, 11) is 1.86. The molecule has 2 heterocycles. The summed E-state index contributed by atoms with van der Waals surface area (Å²) in [6.07, 6.45) is 9.81. The molecule has 5 nitrogen and oxygen atoms in total. The molecule has 0 saturated heterocycles. The predicted molar refractivity (Wildman–Crippen MR) is 79.7 cm³/mol. The highest BCUT2D eigenvalue weighted by Gasteiger charge is 2.34. The highest BCUT2D eigenvalue weighted by Crippen LogP contribution is 2.32. The van der Waals surface area contributed by atoms with Gasteiger partial charge in [0, 0.05) is 39.0 Å². The van der Waals surface area contributed by atoms with E-state index >= 15 is 0 Å². The van der Waals surface area contributed by atoms with E-state index in [0.29, 0.717) is 5.92 Å². The van der Waals surface area contributed by atoms with Gasteiger partial charge in [-0.15, -0.1) is 0 Å². The lowest BCUT2D eigenvalue weighted by Crippen LogP contribution is -2.39. The lowest BCUT2D eigenvalue weighted by molar-refractivity contribution is -0.135. The number of fused-ring (bicyclic) bond motifs is 1. The molecular weight excluding hydrogens is 266 g/mol. The van der Waals surface area contributed by atoms with Crippen LogP contribution in [0.1, 0.15) is 44.3 Å². The Labute approximate surface area is 126 Å². The molecule has 0 spiro atoms. The molecule has 1 saturated carbocycles. The van der Waals surface area contributed by atoms with Gasteiger partial charge in [-0.3, -0.25) is 4.79 Å². The van der Waals surface area contributed by atoms with Crippen LogP contribution in [0, 0.1) is 5.92 Å². The topological polar surface area (TPSA) is 58.4 Å². The molecule has 3 rings (SSSR count). The minimum absolute atomic E-state index is 0.0771. The van der Waals surface area contributed by atoms with Crippen molar-refractivity contribution >= 4 is 5.91 Å². The number of hydrogen-bond acceptors (Lipinski definition) is 3. The molecule has 0 bridgehead atoms. The Morgan fingerprint density at radius 1 is 1.52 bits per heavy atom. The number of hydrogen-bond donors (Lipinski definition) is 1. The first-order chi connectivity index (χ1) is 10.1. The van der Waals surface area contributed by atoms with E-state index in [1.807, 2.05) is 19.4 Å². The van der Waals surface area contributed by atoms with Gasteiger partial charge in [-0.25, -0.2) is 4.98 Å². The number of nitrogens with zero attached hydrogens (tertiary/aromatic N) is 3. The van der Waals surface area contributed by atoms with Gasteiger partial charge in [-0.1, -0.05) is 12.8 Å². The van der Waals surface area contributed by atoms with E-state index in [1.54, 1.807) is 4.90 Å². The third-order valence-corrected chi connectivity index (χ3v) is 5.02. The molecule has 0 aromatic carbocycles. The average Bonchev–Trinajstić information content (AvgIpc) is 3.07. The van der Waals surface area contributed by atoms with Crippen LogP contribution >= 0.6 is 0 Å². The van der Waals surface area contributed by atoms with Crippen LogP contribution in [0.4, 0.5) is 0 Å². The van der Waals surface area contributed by atoms with Crippen molar-refractivity contribution in [1.82, 2.24) is 14.5 Å². The number of imidazole rings is 1. The molecule has 0 radical (unpaired) electrons. The molecule has 1 unspecified atom stereocenters. The van der Waals surface area contributed by atoms with E-state index in [1.165, 1.54) is 0 Å². The summed E-state index contributed by atoms with van der Waals surface area (Å²) in [5.41, 5.74) is -0.742. The van der Waals surface area contributed by atoms with E-state index in [-0.39, 0.29) is 12.3 Å². The smallest absolute Gasteiger partial charge is 0.225 e. The summed E-state index contributed by atoms with van der Waals surface area (Å²) in [5.74, 6) is 1.68. The van der Waals surface area contributed by atoms with Crippen molar-refractivity contribution in [2.24, 2.45) is 5.92 Å². The number of carbonyl (C=O) groups excluding carboxylic acids is 1. The van der Waals surface area contributed by atoms with E-state index < -0.39 is 5.60 Å². The van der Waals surface area contributed by atoms with Crippen LogP contribution in [0.2, 0.25) is 0 Å². The average molecular weight is 291 g/mol. The number of aromatic nitrogens is 2. The van der Waals surface area contributed by atoms with Crippen molar-refractivity contribution in [3.8, 4) is 0 Å². The maximum absolute atomic E-state index is 12.3. The van der Waals surface area contributed by atoms with Crippen LogP contribution in [0.3, 0.4) is 0 Å². The molecule has 5 heteroatoms. The molecular formula is C16H25N3O2.